The molecular formula is C16H16N2O2S. The van der Waals surface area contributed by atoms with Crippen LogP contribution in [0.2, 0.25) is 0 Å². The normalized spacial score (nSPS) is 12.3. The average Bonchev–Trinajstić information content (AvgIpc) is 2.55. The first kappa shape index (κ1) is 15.3. The van der Waals surface area contributed by atoms with Gasteiger partial charge >= 0.3 is 0 Å². The third kappa shape index (κ3) is 4.44. The first-order chi connectivity index (χ1) is 10.2. The molecule has 0 saturated heterocycles. The lowest BCUT2D eigenvalue weighted by Crippen LogP contribution is -2.25. The number of rotatable bonds is 5. The average molecular weight is 300 g/mol. The van der Waals surface area contributed by atoms with E-state index in [1.54, 1.807) is 42.2 Å². The molecule has 0 fully saturated rings. The molecule has 0 spiro atoms. The fourth-order valence-corrected chi connectivity index (χ4v) is 2.12. The van der Waals surface area contributed by atoms with Gasteiger partial charge in [-0.2, -0.15) is 5.10 Å². The first-order valence-electron chi connectivity index (χ1n) is 6.40. The summed E-state index contributed by atoms with van der Waals surface area (Å²) in [4.78, 5) is 12.9. The summed E-state index contributed by atoms with van der Waals surface area (Å²) in [5.41, 5.74) is 3.75. The van der Waals surface area contributed by atoms with E-state index in [9.17, 15) is 9.90 Å². The van der Waals surface area contributed by atoms with Crippen LogP contribution in [0, 0.1) is 0 Å². The monoisotopic (exact) mass is 300 g/mol. The molecule has 1 atom stereocenters. The molecule has 21 heavy (non-hydrogen) atoms. The van der Waals surface area contributed by atoms with Crippen LogP contribution in [0.1, 0.15) is 17.2 Å². The Balaban J connectivity index is 1.92. The topological polar surface area (TPSA) is 61.7 Å². The molecular weight excluding hydrogens is 284 g/mol. The number of carbonyl (C=O) groups excluding carboxylic acids is 1. The molecule has 2 aromatic rings. The maximum absolute atomic E-state index is 11.8. The van der Waals surface area contributed by atoms with Gasteiger partial charge in [-0.05, 0) is 29.5 Å². The van der Waals surface area contributed by atoms with E-state index in [0.29, 0.717) is 5.56 Å². The summed E-state index contributed by atoms with van der Waals surface area (Å²) in [7, 11) is 0. The quantitative estimate of drug-likeness (QED) is 0.507. The highest BCUT2D eigenvalue weighted by atomic mass is 32.2. The molecule has 108 valence electrons. The Labute approximate surface area is 127 Å². The van der Waals surface area contributed by atoms with Gasteiger partial charge < -0.3 is 5.11 Å². The van der Waals surface area contributed by atoms with E-state index < -0.39 is 12.0 Å². The number of hydrogen-bond donors (Lipinski definition) is 2. The number of hydrazone groups is 1. The number of nitrogens with one attached hydrogen (secondary N) is 1. The summed E-state index contributed by atoms with van der Waals surface area (Å²) in [6.45, 7) is 0. The molecule has 1 unspecified atom stereocenters. The Hall–Kier alpha value is -2.11. The highest BCUT2D eigenvalue weighted by Crippen LogP contribution is 2.14. The van der Waals surface area contributed by atoms with Crippen molar-refractivity contribution in [1.29, 1.82) is 0 Å². The Kier molecular flexibility index (Phi) is 5.54. The summed E-state index contributed by atoms with van der Waals surface area (Å²) in [6, 6.07) is 16.5. The fraction of sp³-hybridized carbons (Fsp3) is 0.125. The molecule has 5 heteroatoms. The minimum atomic E-state index is -1.22. The summed E-state index contributed by atoms with van der Waals surface area (Å²) in [6.07, 6.45) is 2.33. The number of nitrogens with zero attached hydrogens (tertiary/aromatic N) is 1. The molecule has 0 aromatic heterocycles. The highest BCUT2D eigenvalue weighted by Gasteiger charge is 2.15. The van der Waals surface area contributed by atoms with Crippen LogP contribution in [0.4, 0.5) is 0 Å². The molecule has 2 rings (SSSR count). The van der Waals surface area contributed by atoms with E-state index in [1.165, 1.54) is 0 Å². The first-order valence-corrected chi connectivity index (χ1v) is 7.63. The van der Waals surface area contributed by atoms with E-state index >= 15 is 0 Å². The standard InChI is InChI=1S/C16H16N2O2S/c1-21-14-9-7-12(8-10-14)11-17-18-16(20)15(19)13-5-3-2-4-6-13/h2-11,15,19H,1H3,(H,18,20)/b17-11+. The van der Waals surface area contributed by atoms with Crippen molar-refractivity contribution in [1.82, 2.24) is 5.43 Å². The lowest BCUT2D eigenvalue weighted by molar-refractivity contribution is -0.129. The largest absolute Gasteiger partial charge is 0.378 e. The van der Waals surface area contributed by atoms with Crippen LogP contribution >= 0.6 is 11.8 Å². The van der Waals surface area contributed by atoms with Crippen molar-refractivity contribution in [2.75, 3.05) is 6.26 Å². The molecule has 0 heterocycles. The zero-order valence-electron chi connectivity index (χ0n) is 11.6. The second-order valence-corrected chi connectivity index (χ2v) is 5.20. The van der Waals surface area contributed by atoms with Crippen LogP contribution in [-0.2, 0) is 4.79 Å². The van der Waals surface area contributed by atoms with Crippen LogP contribution < -0.4 is 5.43 Å². The number of thioether (sulfide) groups is 1. The second-order valence-electron chi connectivity index (χ2n) is 4.32. The van der Waals surface area contributed by atoms with Crippen molar-refractivity contribution < 1.29 is 9.90 Å². The smallest absolute Gasteiger partial charge is 0.273 e. The lowest BCUT2D eigenvalue weighted by Gasteiger charge is -2.08. The van der Waals surface area contributed by atoms with Crippen LogP contribution in [-0.4, -0.2) is 23.5 Å². The van der Waals surface area contributed by atoms with Crippen LogP contribution in [0.15, 0.2) is 64.6 Å². The van der Waals surface area contributed by atoms with Gasteiger partial charge in [0.15, 0.2) is 6.10 Å². The maximum Gasteiger partial charge on any atom is 0.273 e. The van der Waals surface area contributed by atoms with E-state index in [0.717, 1.165) is 10.5 Å². The Morgan fingerprint density at radius 1 is 1.19 bits per heavy atom. The highest BCUT2D eigenvalue weighted by molar-refractivity contribution is 7.98. The van der Waals surface area contributed by atoms with Crippen LogP contribution in [0.5, 0.6) is 0 Å². The van der Waals surface area contributed by atoms with Gasteiger partial charge in [0.2, 0.25) is 0 Å². The Morgan fingerprint density at radius 3 is 2.48 bits per heavy atom. The lowest BCUT2D eigenvalue weighted by atomic mass is 10.1. The van der Waals surface area contributed by atoms with Gasteiger partial charge in [-0.15, -0.1) is 11.8 Å². The minimum Gasteiger partial charge on any atom is -0.378 e. The van der Waals surface area contributed by atoms with Crippen molar-refractivity contribution in [3.63, 3.8) is 0 Å². The van der Waals surface area contributed by atoms with Gasteiger partial charge in [0.05, 0.1) is 6.21 Å². The van der Waals surface area contributed by atoms with Crippen molar-refractivity contribution in [2.24, 2.45) is 5.10 Å². The van der Waals surface area contributed by atoms with Gasteiger partial charge in [0.25, 0.3) is 5.91 Å². The Bertz CT molecular complexity index is 612. The van der Waals surface area contributed by atoms with Crippen LogP contribution in [0.3, 0.4) is 0 Å². The summed E-state index contributed by atoms with van der Waals surface area (Å²) >= 11 is 1.66. The molecule has 1 amide bonds. The number of benzene rings is 2. The molecule has 0 bridgehead atoms. The fourth-order valence-electron chi connectivity index (χ4n) is 1.71. The number of carbonyl (C=O) groups is 1. The molecule has 0 radical (unpaired) electrons. The molecule has 2 N–H and O–H groups in total. The third-order valence-corrected chi connectivity index (χ3v) is 3.61. The van der Waals surface area contributed by atoms with E-state index in [2.05, 4.69) is 10.5 Å². The van der Waals surface area contributed by atoms with Crippen LogP contribution in [0.25, 0.3) is 0 Å². The van der Waals surface area contributed by atoms with Gasteiger partial charge in [-0.1, -0.05) is 42.5 Å². The zero-order chi connectivity index (χ0) is 15.1. The predicted molar refractivity (Wildman–Crippen MR) is 85.4 cm³/mol. The Morgan fingerprint density at radius 2 is 1.86 bits per heavy atom. The van der Waals surface area contributed by atoms with Gasteiger partial charge in [0, 0.05) is 4.90 Å². The van der Waals surface area contributed by atoms with Crippen molar-refractivity contribution in [3.05, 3.63) is 65.7 Å². The SMILES string of the molecule is CSc1ccc(/C=N/NC(=O)C(O)c2ccccc2)cc1. The number of amides is 1. The summed E-state index contributed by atoms with van der Waals surface area (Å²) < 4.78 is 0. The zero-order valence-corrected chi connectivity index (χ0v) is 12.4. The second kappa shape index (κ2) is 7.61. The molecule has 4 nitrogen and oxygen atoms in total. The van der Waals surface area contributed by atoms with Gasteiger partial charge in [-0.3, -0.25) is 4.79 Å². The van der Waals surface area contributed by atoms with E-state index in [4.69, 9.17) is 0 Å². The molecule has 0 aliphatic carbocycles. The summed E-state index contributed by atoms with van der Waals surface area (Å²) in [5.74, 6) is -0.557. The molecule has 0 aliphatic heterocycles. The molecule has 0 aliphatic rings. The minimum absolute atomic E-state index is 0.537. The summed E-state index contributed by atoms with van der Waals surface area (Å²) in [5, 5.41) is 13.7. The predicted octanol–water partition coefficient (Wildman–Crippen LogP) is 2.59. The number of aliphatic hydroxyl groups excluding tert-OH is 1. The van der Waals surface area contributed by atoms with Gasteiger partial charge in [-0.25, -0.2) is 5.43 Å². The van der Waals surface area contributed by atoms with Crippen molar-refractivity contribution in [2.45, 2.75) is 11.0 Å². The van der Waals surface area contributed by atoms with E-state index in [1.807, 2.05) is 36.6 Å². The third-order valence-electron chi connectivity index (χ3n) is 2.87. The maximum atomic E-state index is 11.8. The number of hydrogen-bond acceptors (Lipinski definition) is 4. The molecule has 2 aromatic carbocycles. The van der Waals surface area contributed by atoms with E-state index in [-0.39, 0.29) is 0 Å². The van der Waals surface area contributed by atoms with Gasteiger partial charge in [0.1, 0.15) is 0 Å². The number of aliphatic hydroxyl groups is 1. The molecule has 0 saturated carbocycles. The van der Waals surface area contributed by atoms with Crippen molar-refractivity contribution in [3.8, 4) is 0 Å². The van der Waals surface area contributed by atoms with Crippen molar-refractivity contribution >= 4 is 23.9 Å².